The smallest absolute Gasteiger partial charge is 0.123 e. The number of benzene rings is 1. The van der Waals surface area contributed by atoms with Crippen molar-refractivity contribution in [1.82, 2.24) is 5.32 Å². The molecule has 0 aliphatic carbocycles. The molecule has 1 aliphatic rings. The molecule has 15 heavy (non-hydrogen) atoms. The molecule has 2 atom stereocenters. The fourth-order valence-corrected chi connectivity index (χ4v) is 1.94. The Morgan fingerprint density at radius 1 is 1.33 bits per heavy atom. The summed E-state index contributed by atoms with van der Waals surface area (Å²) < 4.78 is 26.3. The van der Waals surface area contributed by atoms with Gasteiger partial charge in [-0.05, 0) is 37.6 Å². The molecule has 0 saturated carbocycles. The van der Waals surface area contributed by atoms with Gasteiger partial charge in [0.05, 0.1) is 5.54 Å². The maximum Gasteiger partial charge on any atom is 0.123 e. The summed E-state index contributed by atoms with van der Waals surface area (Å²) in [7, 11) is 0. The lowest BCUT2D eigenvalue weighted by atomic mass is 9.89. The zero-order valence-corrected chi connectivity index (χ0v) is 9.28. The van der Waals surface area contributed by atoms with Gasteiger partial charge >= 0.3 is 0 Å². The average Bonchev–Trinajstić information content (AvgIpc) is 2.49. The standard InChI is InChI=1S/C11H13F2N.ClH/c1-11(10(13)6-7-14-11)8-2-4-9(12)5-3-8;/h2-5,10,14H,6-7H2,1H3;1H. The third-order valence-corrected chi connectivity index (χ3v) is 2.96. The summed E-state index contributed by atoms with van der Waals surface area (Å²) in [6.45, 7) is 2.49. The van der Waals surface area contributed by atoms with E-state index in [2.05, 4.69) is 5.32 Å². The first-order chi connectivity index (χ1) is 6.63. The van der Waals surface area contributed by atoms with E-state index in [4.69, 9.17) is 0 Å². The summed E-state index contributed by atoms with van der Waals surface area (Å²) in [6.07, 6.45) is -0.374. The maximum absolute atomic E-state index is 13.6. The van der Waals surface area contributed by atoms with E-state index in [9.17, 15) is 8.78 Å². The van der Waals surface area contributed by atoms with Gasteiger partial charge < -0.3 is 5.32 Å². The van der Waals surface area contributed by atoms with Crippen molar-refractivity contribution in [1.29, 1.82) is 0 Å². The van der Waals surface area contributed by atoms with Crippen molar-refractivity contribution >= 4 is 12.4 Å². The summed E-state index contributed by atoms with van der Waals surface area (Å²) in [4.78, 5) is 0. The van der Waals surface area contributed by atoms with Crippen LogP contribution in [0.15, 0.2) is 24.3 Å². The predicted octanol–water partition coefficient (Wildman–Crippen LogP) is 2.79. The lowest BCUT2D eigenvalue weighted by Gasteiger charge is -2.27. The van der Waals surface area contributed by atoms with Gasteiger partial charge in [0, 0.05) is 0 Å². The molecule has 1 aromatic rings. The van der Waals surface area contributed by atoms with Crippen LogP contribution in [0.5, 0.6) is 0 Å². The van der Waals surface area contributed by atoms with Gasteiger partial charge in [0.1, 0.15) is 12.0 Å². The minimum atomic E-state index is -0.895. The number of nitrogens with one attached hydrogen (secondary N) is 1. The molecule has 0 radical (unpaired) electrons. The van der Waals surface area contributed by atoms with E-state index in [1.807, 2.05) is 6.92 Å². The van der Waals surface area contributed by atoms with Gasteiger partial charge in [0.25, 0.3) is 0 Å². The van der Waals surface area contributed by atoms with E-state index in [1.165, 1.54) is 12.1 Å². The molecule has 84 valence electrons. The van der Waals surface area contributed by atoms with Crippen molar-refractivity contribution in [3.63, 3.8) is 0 Å². The van der Waals surface area contributed by atoms with E-state index in [0.29, 0.717) is 13.0 Å². The molecule has 0 bridgehead atoms. The second-order valence-electron chi connectivity index (χ2n) is 3.89. The van der Waals surface area contributed by atoms with Crippen LogP contribution in [0.1, 0.15) is 18.9 Å². The summed E-state index contributed by atoms with van der Waals surface area (Å²) in [5.74, 6) is -0.286. The molecular formula is C11H14ClF2N. The van der Waals surface area contributed by atoms with Crippen molar-refractivity contribution < 1.29 is 8.78 Å². The van der Waals surface area contributed by atoms with Gasteiger partial charge in [0.2, 0.25) is 0 Å². The zero-order chi connectivity index (χ0) is 10.2. The van der Waals surface area contributed by atoms with E-state index < -0.39 is 11.7 Å². The van der Waals surface area contributed by atoms with Gasteiger partial charge in [-0.1, -0.05) is 12.1 Å². The third-order valence-electron chi connectivity index (χ3n) is 2.96. The first kappa shape index (κ1) is 12.4. The first-order valence-electron chi connectivity index (χ1n) is 4.78. The Labute approximate surface area is 94.3 Å². The Hall–Kier alpha value is -0.670. The Morgan fingerprint density at radius 2 is 1.93 bits per heavy atom. The molecule has 0 amide bonds. The molecule has 1 N–H and O–H groups in total. The summed E-state index contributed by atoms with van der Waals surface area (Å²) >= 11 is 0. The van der Waals surface area contributed by atoms with Gasteiger partial charge in [-0.2, -0.15) is 0 Å². The Kier molecular flexibility index (Phi) is 3.68. The van der Waals surface area contributed by atoms with E-state index in [-0.39, 0.29) is 18.2 Å². The minimum Gasteiger partial charge on any atom is -0.305 e. The second-order valence-corrected chi connectivity index (χ2v) is 3.89. The van der Waals surface area contributed by atoms with E-state index in [0.717, 1.165) is 5.56 Å². The van der Waals surface area contributed by atoms with Crippen LogP contribution in [0.25, 0.3) is 0 Å². The topological polar surface area (TPSA) is 12.0 Å². The fourth-order valence-electron chi connectivity index (χ4n) is 1.94. The van der Waals surface area contributed by atoms with Crippen molar-refractivity contribution in [2.45, 2.75) is 25.1 Å². The van der Waals surface area contributed by atoms with Crippen LogP contribution >= 0.6 is 12.4 Å². The highest BCUT2D eigenvalue weighted by molar-refractivity contribution is 5.85. The largest absolute Gasteiger partial charge is 0.305 e. The summed E-state index contributed by atoms with van der Waals surface area (Å²) in [5.41, 5.74) is 0.164. The van der Waals surface area contributed by atoms with Gasteiger partial charge in [-0.15, -0.1) is 12.4 Å². The molecule has 1 heterocycles. The molecule has 2 rings (SSSR count). The molecule has 0 aromatic heterocycles. The molecule has 1 aliphatic heterocycles. The number of alkyl halides is 1. The van der Waals surface area contributed by atoms with Crippen molar-refractivity contribution in [2.75, 3.05) is 6.54 Å². The van der Waals surface area contributed by atoms with Crippen LogP contribution in [0.3, 0.4) is 0 Å². The summed E-state index contributed by atoms with van der Waals surface area (Å²) in [6, 6.07) is 6.01. The second kappa shape index (κ2) is 4.45. The first-order valence-corrected chi connectivity index (χ1v) is 4.78. The van der Waals surface area contributed by atoms with Crippen molar-refractivity contribution in [3.05, 3.63) is 35.6 Å². The number of rotatable bonds is 1. The molecule has 0 spiro atoms. The van der Waals surface area contributed by atoms with Crippen LogP contribution in [-0.2, 0) is 5.54 Å². The zero-order valence-electron chi connectivity index (χ0n) is 8.47. The highest BCUT2D eigenvalue weighted by Gasteiger charge is 2.40. The van der Waals surface area contributed by atoms with Crippen LogP contribution in [0.2, 0.25) is 0 Å². The molecule has 1 fully saturated rings. The predicted molar refractivity (Wildman–Crippen MR) is 58.5 cm³/mol. The van der Waals surface area contributed by atoms with Crippen LogP contribution < -0.4 is 5.32 Å². The normalized spacial score (nSPS) is 29.9. The SMILES string of the molecule is CC1(c2ccc(F)cc2)NCCC1F.Cl. The highest BCUT2D eigenvalue weighted by Crippen LogP contribution is 2.32. The van der Waals surface area contributed by atoms with E-state index >= 15 is 0 Å². The Bertz CT molecular complexity index is 328. The molecule has 1 nitrogen and oxygen atoms in total. The van der Waals surface area contributed by atoms with Gasteiger partial charge in [-0.3, -0.25) is 0 Å². The van der Waals surface area contributed by atoms with Gasteiger partial charge in [0.15, 0.2) is 0 Å². The Morgan fingerprint density at radius 3 is 2.40 bits per heavy atom. The minimum absolute atomic E-state index is 0. The third kappa shape index (κ3) is 2.13. The molecular weight excluding hydrogens is 220 g/mol. The molecule has 4 heteroatoms. The van der Waals surface area contributed by atoms with Crippen molar-refractivity contribution in [2.24, 2.45) is 0 Å². The van der Waals surface area contributed by atoms with Crippen LogP contribution in [-0.4, -0.2) is 12.7 Å². The number of hydrogen-bond acceptors (Lipinski definition) is 1. The van der Waals surface area contributed by atoms with E-state index in [1.54, 1.807) is 12.1 Å². The monoisotopic (exact) mass is 233 g/mol. The maximum atomic E-state index is 13.6. The molecule has 1 aromatic carbocycles. The van der Waals surface area contributed by atoms with Crippen molar-refractivity contribution in [3.8, 4) is 0 Å². The molecule has 2 unspecified atom stereocenters. The molecule has 1 saturated heterocycles. The number of halogens is 3. The lowest BCUT2D eigenvalue weighted by molar-refractivity contribution is 0.219. The van der Waals surface area contributed by atoms with Gasteiger partial charge in [-0.25, -0.2) is 8.78 Å². The average molecular weight is 234 g/mol. The quantitative estimate of drug-likeness (QED) is 0.787. The lowest BCUT2D eigenvalue weighted by Crippen LogP contribution is -2.39. The fraction of sp³-hybridized carbons (Fsp3) is 0.455. The number of hydrogen-bond donors (Lipinski definition) is 1. The van der Waals surface area contributed by atoms with Crippen LogP contribution in [0.4, 0.5) is 8.78 Å². The highest BCUT2D eigenvalue weighted by atomic mass is 35.5. The van der Waals surface area contributed by atoms with Crippen LogP contribution in [0, 0.1) is 5.82 Å². The summed E-state index contributed by atoms with van der Waals surface area (Å²) in [5, 5.41) is 3.12. The Balaban J connectivity index is 0.00000112.